The third-order valence-electron chi connectivity index (χ3n) is 4.42. The molecule has 2 heterocycles. The molecule has 4 rings (SSSR count). The van der Waals surface area contributed by atoms with Crippen LogP contribution in [0.4, 0.5) is 5.69 Å². The van der Waals surface area contributed by atoms with Crippen LogP contribution < -0.4 is 16.4 Å². The second kappa shape index (κ2) is 8.79. The number of thioether (sulfide) groups is 1. The molecule has 150 valence electrons. The molecule has 2 aromatic heterocycles. The largest absolute Gasteiger partial charge is 0.324 e. The van der Waals surface area contributed by atoms with Gasteiger partial charge in [0.1, 0.15) is 6.54 Å². The van der Waals surface area contributed by atoms with Crippen molar-refractivity contribution in [3.63, 3.8) is 0 Å². The van der Waals surface area contributed by atoms with Crippen LogP contribution in [0, 0.1) is 0 Å². The number of H-pyrrole nitrogens is 1. The van der Waals surface area contributed by atoms with Gasteiger partial charge in [0.2, 0.25) is 5.91 Å². The van der Waals surface area contributed by atoms with Crippen LogP contribution in [0.25, 0.3) is 10.8 Å². The van der Waals surface area contributed by atoms with Crippen molar-refractivity contribution in [2.45, 2.75) is 17.3 Å². The molecule has 0 radical (unpaired) electrons. The van der Waals surface area contributed by atoms with Crippen molar-refractivity contribution in [1.82, 2.24) is 14.8 Å². The number of carbonyl (C=O) groups is 1. The van der Waals surface area contributed by atoms with Crippen LogP contribution >= 0.6 is 11.8 Å². The zero-order chi connectivity index (χ0) is 20.9. The van der Waals surface area contributed by atoms with Crippen LogP contribution in [0.2, 0.25) is 0 Å². The maximum absolute atomic E-state index is 12.5. The number of amides is 1. The molecule has 0 fully saturated rings. The van der Waals surface area contributed by atoms with Crippen molar-refractivity contribution in [1.29, 1.82) is 0 Å². The van der Waals surface area contributed by atoms with Crippen LogP contribution in [-0.4, -0.2) is 20.7 Å². The minimum Gasteiger partial charge on any atom is -0.324 e. The van der Waals surface area contributed by atoms with E-state index in [0.29, 0.717) is 16.8 Å². The summed E-state index contributed by atoms with van der Waals surface area (Å²) in [6, 6.07) is 19.7. The number of nitrogens with one attached hydrogen (secondary N) is 2. The Labute approximate surface area is 175 Å². The van der Waals surface area contributed by atoms with Crippen molar-refractivity contribution in [2.75, 3.05) is 5.32 Å². The second-order valence-corrected chi connectivity index (χ2v) is 7.58. The Balaban J connectivity index is 1.46. The quantitative estimate of drug-likeness (QED) is 0.469. The van der Waals surface area contributed by atoms with Gasteiger partial charge in [0.15, 0.2) is 0 Å². The highest BCUT2D eigenvalue weighted by molar-refractivity contribution is 7.98. The summed E-state index contributed by atoms with van der Waals surface area (Å²) in [5.74, 6) is 0.301. The molecule has 7 nitrogen and oxygen atoms in total. The van der Waals surface area contributed by atoms with Gasteiger partial charge in [0, 0.05) is 17.6 Å². The number of carbonyl (C=O) groups excluding carboxylic acids is 1. The molecule has 0 unspecified atom stereocenters. The van der Waals surface area contributed by atoms with E-state index >= 15 is 0 Å². The van der Waals surface area contributed by atoms with Crippen LogP contribution in [0.1, 0.15) is 5.56 Å². The first-order chi connectivity index (χ1) is 14.6. The highest BCUT2D eigenvalue weighted by Gasteiger charge is 2.10. The third kappa shape index (κ3) is 4.49. The minimum atomic E-state index is -0.416. The first-order valence-electron chi connectivity index (χ1n) is 9.24. The topological polar surface area (TPSA) is 96.9 Å². The summed E-state index contributed by atoms with van der Waals surface area (Å²) in [6.45, 7) is -0.286. The summed E-state index contributed by atoms with van der Waals surface area (Å²) in [5.41, 5.74) is 0.822. The third-order valence-corrected chi connectivity index (χ3v) is 5.44. The Morgan fingerprint density at radius 2 is 1.80 bits per heavy atom. The van der Waals surface area contributed by atoms with Crippen LogP contribution in [0.15, 0.2) is 87.5 Å². The van der Waals surface area contributed by atoms with Crippen molar-refractivity contribution in [3.8, 4) is 0 Å². The van der Waals surface area contributed by atoms with Crippen molar-refractivity contribution in [3.05, 3.63) is 99.2 Å². The molecule has 4 aromatic rings. The number of nitrogens with zero attached hydrogens (tertiary/aromatic N) is 2. The highest BCUT2D eigenvalue weighted by Crippen LogP contribution is 2.22. The molecule has 0 bridgehead atoms. The molecule has 2 N–H and O–H groups in total. The van der Waals surface area contributed by atoms with Gasteiger partial charge in [-0.1, -0.05) is 30.3 Å². The number of pyridine rings is 1. The summed E-state index contributed by atoms with van der Waals surface area (Å²) in [6.07, 6.45) is 1.75. The smallest absolute Gasteiger partial charge is 0.273 e. The summed E-state index contributed by atoms with van der Waals surface area (Å²) >= 11 is 1.60. The number of aromatic nitrogens is 3. The zero-order valence-electron chi connectivity index (χ0n) is 15.9. The Morgan fingerprint density at radius 1 is 1.00 bits per heavy atom. The lowest BCUT2D eigenvalue weighted by atomic mass is 10.2. The molecule has 30 heavy (non-hydrogen) atoms. The summed E-state index contributed by atoms with van der Waals surface area (Å²) < 4.78 is 1.03. The first-order valence-corrected chi connectivity index (χ1v) is 10.2. The van der Waals surface area contributed by atoms with Gasteiger partial charge in [0.05, 0.1) is 15.8 Å². The molecule has 0 aliphatic carbocycles. The Bertz CT molecular complexity index is 1320. The average Bonchev–Trinajstić information content (AvgIpc) is 2.77. The molecule has 0 atom stereocenters. The number of hydrogen-bond acceptors (Lipinski definition) is 5. The number of fused-ring (bicyclic) bond motifs is 1. The highest BCUT2D eigenvalue weighted by atomic mass is 32.2. The number of rotatable bonds is 6. The van der Waals surface area contributed by atoms with Gasteiger partial charge in [-0.05, 0) is 42.0 Å². The number of aromatic amines is 1. The predicted octanol–water partition coefficient (Wildman–Crippen LogP) is 3.02. The van der Waals surface area contributed by atoms with Crippen LogP contribution in [0.3, 0.4) is 0 Å². The fourth-order valence-electron chi connectivity index (χ4n) is 3.03. The zero-order valence-corrected chi connectivity index (χ0v) is 16.7. The van der Waals surface area contributed by atoms with Crippen LogP contribution in [0.5, 0.6) is 0 Å². The number of hydrogen-bond donors (Lipinski definition) is 2. The van der Waals surface area contributed by atoms with Gasteiger partial charge in [0.25, 0.3) is 11.1 Å². The predicted molar refractivity (Wildman–Crippen MR) is 118 cm³/mol. The van der Waals surface area contributed by atoms with Gasteiger partial charge in [-0.25, -0.2) is 9.67 Å². The summed E-state index contributed by atoms with van der Waals surface area (Å²) in [5, 5.41) is 6.75. The molecule has 0 spiro atoms. The first kappa shape index (κ1) is 19.7. The molecular weight excluding hydrogens is 400 g/mol. The average molecular weight is 418 g/mol. The van der Waals surface area contributed by atoms with E-state index in [-0.39, 0.29) is 11.9 Å². The fraction of sp³-hybridized carbons (Fsp3) is 0.0909. The fourth-order valence-corrected chi connectivity index (χ4v) is 3.83. The lowest BCUT2D eigenvalue weighted by molar-refractivity contribution is -0.117. The van der Waals surface area contributed by atoms with E-state index in [2.05, 4.69) is 15.4 Å². The molecule has 0 saturated heterocycles. The number of anilines is 1. The maximum Gasteiger partial charge on any atom is 0.273 e. The molecule has 0 aliphatic rings. The van der Waals surface area contributed by atoms with E-state index in [1.54, 1.807) is 48.3 Å². The summed E-state index contributed by atoms with van der Waals surface area (Å²) in [4.78, 5) is 41.5. The second-order valence-electron chi connectivity index (χ2n) is 6.58. The Morgan fingerprint density at radius 3 is 2.60 bits per heavy atom. The molecular formula is C22H18N4O3S. The van der Waals surface area contributed by atoms with E-state index in [9.17, 15) is 14.4 Å². The van der Waals surface area contributed by atoms with Gasteiger partial charge in [-0.15, -0.1) is 11.8 Å². The SMILES string of the molecule is O=C(Cn1[nH]c(=O)c2ccccc2c1=O)Nc1cccc(CSc2ccccn2)c1. The standard InChI is InChI=1S/C22H18N4O3S/c27-19(13-26-22(29)18-9-2-1-8-17(18)21(28)25-26)24-16-7-5-6-15(12-16)14-30-20-10-3-4-11-23-20/h1-12H,13-14H2,(H,24,27)(H,25,28). The lowest BCUT2D eigenvalue weighted by Gasteiger charge is -2.09. The van der Waals surface area contributed by atoms with Crippen molar-refractivity contribution in [2.24, 2.45) is 0 Å². The van der Waals surface area contributed by atoms with Gasteiger partial charge in [-0.2, -0.15) is 0 Å². The Kier molecular flexibility index (Phi) is 5.76. The van der Waals surface area contributed by atoms with Gasteiger partial charge in [-0.3, -0.25) is 19.5 Å². The van der Waals surface area contributed by atoms with Crippen molar-refractivity contribution < 1.29 is 4.79 Å². The van der Waals surface area contributed by atoms with E-state index in [1.165, 1.54) is 0 Å². The Hall–Kier alpha value is -3.65. The normalized spacial score (nSPS) is 10.8. The van der Waals surface area contributed by atoms with Crippen LogP contribution in [-0.2, 0) is 17.1 Å². The van der Waals surface area contributed by atoms with E-state index < -0.39 is 17.0 Å². The molecule has 8 heteroatoms. The lowest BCUT2D eigenvalue weighted by Crippen LogP contribution is -2.34. The molecule has 0 saturated carbocycles. The van der Waals surface area contributed by atoms with E-state index in [1.807, 2.05) is 36.4 Å². The molecule has 1 amide bonds. The van der Waals surface area contributed by atoms with E-state index in [0.717, 1.165) is 15.3 Å². The minimum absolute atomic E-state index is 0.280. The maximum atomic E-state index is 12.5. The van der Waals surface area contributed by atoms with E-state index in [4.69, 9.17) is 0 Å². The van der Waals surface area contributed by atoms with Crippen molar-refractivity contribution >= 4 is 34.1 Å². The summed E-state index contributed by atoms with van der Waals surface area (Å²) in [7, 11) is 0. The molecule has 2 aromatic carbocycles. The molecule has 0 aliphatic heterocycles. The van der Waals surface area contributed by atoms with Gasteiger partial charge < -0.3 is 5.32 Å². The monoisotopic (exact) mass is 418 g/mol. The number of benzene rings is 2. The van der Waals surface area contributed by atoms with Gasteiger partial charge >= 0.3 is 0 Å².